The molecule has 148 valence electrons. The smallest absolute Gasteiger partial charge is 0.160 e. The van der Waals surface area contributed by atoms with E-state index in [4.69, 9.17) is 4.98 Å². The van der Waals surface area contributed by atoms with Crippen LogP contribution in [0.5, 0.6) is 0 Å². The van der Waals surface area contributed by atoms with E-state index in [2.05, 4.69) is 68.0 Å². The van der Waals surface area contributed by atoms with Gasteiger partial charge < -0.3 is 9.30 Å². The summed E-state index contributed by atoms with van der Waals surface area (Å²) >= 11 is 1.74. The van der Waals surface area contributed by atoms with Gasteiger partial charge in [0.2, 0.25) is 0 Å². The molecule has 0 radical (unpaired) electrons. The Kier molecular flexibility index (Phi) is 5.04. The number of thiazole rings is 1. The van der Waals surface area contributed by atoms with Crippen molar-refractivity contribution in [2.75, 3.05) is 31.1 Å². The van der Waals surface area contributed by atoms with E-state index in [0.29, 0.717) is 0 Å². The summed E-state index contributed by atoms with van der Waals surface area (Å²) in [6, 6.07) is 12.6. The number of aryl methyl sites for hydroxylation is 1. The molecule has 1 fully saturated rings. The Morgan fingerprint density at radius 2 is 1.90 bits per heavy atom. The van der Waals surface area contributed by atoms with E-state index in [9.17, 15) is 0 Å². The molecule has 1 saturated heterocycles. The number of hydrogen-bond donors (Lipinski definition) is 0. The summed E-state index contributed by atoms with van der Waals surface area (Å²) in [6.45, 7) is 7.33. The van der Waals surface area contributed by atoms with Crippen molar-refractivity contribution >= 4 is 22.7 Å². The summed E-state index contributed by atoms with van der Waals surface area (Å²) < 4.78 is 2.12. The van der Waals surface area contributed by atoms with Crippen LogP contribution in [-0.2, 0) is 6.54 Å². The minimum absolute atomic E-state index is 0.920. The van der Waals surface area contributed by atoms with E-state index in [0.717, 1.165) is 49.8 Å². The minimum atomic E-state index is 0.920. The molecule has 5 nitrogen and oxygen atoms in total. The molecule has 0 atom stereocenters. The maximum Gasteiger partial charge on any atom is 0.160 e. The standard InChI is InChI=1S/C23H25N5S/c1-18-8-12-28-13-9-24-22(28)21(18)27-11-5-10-26(14-15-27)16-20-17-29-23(25-20)19-6-3-2-4-7-19/h2-4,6-9,12-13,17H,5,10-11,14-16H2,1H3. The van der Waals surface area contributed by atoms with E-state index in [1.807, 2.05) is 18.5 Å². The molecule has 1 aliphatic rings. The zero-order valence-electron chi connectivity index (χ0n) is 16.7. The number of hydrogen-bond acceptors (Lipinski definition) is 5. The lowest BCUT2D eigenvalue weighted by molar-refractivity contribution is 0.282. The highest BCUT2D eigenvalue weighted by Gasteiger charge is 2.20. The Balaban J connectivity index is 1.29. The van der Waals surface area contributed by atoms with Gasteiger partial charge in [-0.1, -0.05) is 30.3 Å². The molecule has 5 rings (SSSR count). The molecule has 1 aromatic carbocycles. The molecule has 6 heteroatoms. The van der Waals surface area contributed by atoms with Crippen LogP contribution >= 0.6 is 11.3 Å². The highest BCUT2D eigenvalue weighted by Crippen LogP contribution is 2.27. The van der Waals surface area contributed by atoms with Gasteiger partial charge in [-0.05, 0) is 25.0 Å². The fourth-order valence-electron chi connectivity index (χ4n) is 4.13. The molecule has 4 aromatic rings. The highest BCUT2D eigenvalue weighted by atomic mass is 32.1. The molecule has 0 bridgehead atoms. The van der Waals surface area contributed by atoms with Gasteiger partial charge in [0.1, 0.15) is 5.01 Å². The Hall–Kier alpha value is -2.70. The van der Waals surface area contributed by atoms with Gasteiger partial charge >= 0.3 is 0 Å². The summed E-state index contributed by atoms with van der Waals surface area (Å²) in [5.74, 6) is 0. The van der Waals surface area contributed by atoms with Crippen molar-refractivity contribution in [3.8, 4) is 10.6 Å². The van der Waals surface area contributed by atoms with E-state index < -0.39 is 0 Å². The molecular weight excluding hydrogens is 378 g/mol. The highest BCUT2D eigenvalue weighted by molar-refractivity contribution is 7.13. The van der Waals surface area contributed by atoms with Gasteiger partial charge in [0.05, 0.1) is 11.4 Å². The molecule has 4 heterocycles. The van der Waals surface area contributed by atoms with Crippen LogP contribution in [0.15, 0.2) is 60.4 Å². The van der Waals surface area contributed by atoms with E-state index in [1.165, 1.54) is 22.5 Å². The first-order valence-electron chi connectivity index (χ1n) is 10.2. The third kappa shape index (κ3) is 3.78. The first-order chi connectivity index (χ1) is 14.3. The summed E-state index contributed by atoms with van der Waals surface area (Å²) in [7, 11) is 0. The molecule has 0 unspecified atom stereocenters. The average Bonchev–Trinajstić information content (AvgIpc) is 3.35. The number of anilines is 1. The second-order valence-corrected chi connectivity index (χ2v) is 8.49. The maximum atomic E-state index is 4.88. The Labute approximate surface area is 175 Å². The lowest BCUT2D eigenvalue weighted by atomic mass is 10.2. The third-order valence-electron chi connectivity index (χ3n) is 5.60. The number of aromatic nitrogens is 3. The summed E-state index contributed by atoms with van der Waals surface area (Å²) in [5, 5.41) is 3.32. The van der Waals surface area contributed by atoms with Gasteiger partial charge in [-0.2, -0.15) is 0 Å². The normalized spacial score (nSPS) is 15.7. The van der Waals surface area contributed by atoms with Crippen molar-refractivity contribution in [1.82, 2.24) is 19.3 Å². The molecule has 3 aromatic heterocycles. The van der Waals surface area contributed by atoms with Crippen LogP contribution in [0.25, 0.3) is 16.2 Å². The van der Waals surface area contributed by atoms with E-state index >= 15 is 0 Å². The van der Waals surface area contributed by atoms with Crippen LogP contribution in [-0.4, -0.2) is 45.4 Å². The maximum absolute atomic E-state index is 4.88. The lowest BCUT2D eigenvalue weighted by Gasteiger charge is -2.25. The number of imidazole rings is 1. The summed E-state index contributed by atoms with van der Waals surface area (Å²) in [5.41, 5.74) is 6.01. The quantitative estimate of drug-likeness (QED) is 0.503. The van der Waals surface area contributed by atoms with Gasteiger partial charge in [-0.3, -0.25) is 4.90 Å². The number of benzene rings is 1. The Bertz CT molecular complexity index is 1100. The van der Waals surface area contributed by atoms with Crippen LogP contribution in [0, 0.1) is 6.92 Å². The average molecular weight is 404 g/mol. The predicted octanol–water partition coefficient (Wildman–Crippen LogP) is 4.48. The molecule has 1 aliphatic heterocycles. The van der Waals surface area contributed by atoms with Crippen molar-refractivity contribution in [3.63, 3.8) is 0 Å². The van der Waals surface area contributed by atoms with E-state index in [-0.39, 0.29) is 0 Å². The third-order valence-corrected chi connectivity index (χ3v) is 6.54. The van der Waals surface area contributed by atoms with Gasteiger partial charge in [0.15, 0.2) is 5.65 Å². The van der Waals surface area contributed by atoms with Gasteiger partial charge in [0, 0.05) is 62.3 Å². The van der Waals surface area contributed by atoms with Crippen LogP contribution in [0.3, 0.4) is 0 Å². The zero-order valence-corrected chi connectivity index (χ0v) is 17.5. The Morgan fingerprint density at radius 3 is 2.79 bits per heavy atom. The molecule has 0 N–H and O–H groups in total. The van der Waals surface area contributed by atoms with Crippen LogP contribution in [0.4, 0.5) is 5.69 Å². The monoisotopic (exact) mass is 403 g/mol. The SMILES string of the molecule is Cc1ccn2ccnc2c1N1CCCN(Cc2csc(-c3ccccc3)n2)CC1. The largest absolute Gasteiger partial charge is 0.367 e. The lowest BCUT2D eigenvalue weighted by Crippen LogP contribution is -2.31. The van der Waals surface area contributed by atoms with Crippen LogP contribution in [0.2, 0.25) is 0 Å². The molecular formula is C23H25N5S. The van der Waals surface area contributed by atoms with Gasteiger partial charge in [0.25, 0.3) is 0 Å². The number of fused-ring (bicyclic) bond motifs is 1. The fraction of sp³-hybridized carbons (Fsp3) is 0.304. The van der Waals surface area contributed by atoms with Crippen molar-refractivity contribution in [2.24, 2.45) is 0 Å². The molecule has 29 heavy (non-hydrogen) atoms. The van der Waals surface area contributed by atoms with Crippen molar-refractivity contribution in [2.45, 2.75) is 19.9 Å². The second kappa shape index (κ2) is 7.97. The zero-order chi connectivity index (χ0) is 19.6. The number of pyridine rings is 1. The second-order valence-electron chi connectivity index (χ2n) is 7.63. The summed E-state index contributed by atoms with van der Waals surface area (Å²) in [4.78, 5) is 14.5. The first kappa shape index (κ1) is 18.3. The van der Waals surface area contributed by atoms with E-state index in [1.54, 1.807) is 11.3 Å². The minimum Gasteiger partial charge on any atom is -0.367 e. The van der Waals surface area contributed by atoms with Gasteiger partial charge in [-0.15, -0.1) is 11.3 Å². The van der Waals surface area contributed by atoms with Crippen LogP contribution in [0.1, 0.15) is 17.7 Å². The number of rotatable bonds is 4. The van der Waals surface area contributed by atoms with Crippen LogP contribution < -0.4 is 4.90 Å². The fourth-order valence-corrected chi connectivity index (χ4v) is 4.95. The van der Waals surface area contributed by atoms with Crippen molar-refractivity contribution in [1.29, 1.82) is 0 Å². The molecule has 0 spiro atoms. The van der Waals surface area contributed by atoms with Crippen molar-refractivity contribution in [3.05, 3.63) is 71.6 Å². The summed E-state index contributed by atoms with van der Waals surface area (Å²) in [6.07, 6.45) is 7.15. The first-order valence-corrected chi connectivity index (χ1v) is 11.1. The Morgan fingerprint density at radius 1 is 1.00 bits per heavy atom. The topological polar surface area (TPSA) is 36.7 Å². The predicted molar refractivity (Wildman–Crippen MR) is 120 cm³/mol. The molecule has 0 amide bonds. The number of nitrogens with zero attached hydrogens (tertiary/aromatic N) is 5. The van der Waals surface area contributed by atoms with Gasteiger partial charge in [-0.25, -0.2) is 9.97 Å². The molecule has 0 aliphatic carbocycles. The molecule has 0 saturated carbocycles. The van der Waals surface area contributed by atoms with Crippen molar-refractivity contribution < 1.29 is 0 Å².